The van der Waals surface area contributed by atoms with E-state index < -0.39 is 5.60 Å². The molecule has 9 fully saturated rings. The molecule has 9 rings (SSSR count). The van der Waals surface area contributed by atoms with Gasteiger partial charge in [0.2, 0.25) is 0 Å². The van der Waals surface area contributed by atoms with Crippen molar-refractivity contribution in [2.45, 2.75) is 141 Å². The predicted octanol–water partition coefficient (Wildman–Crippen LogP) is 5.21. The Bertz CT molecular complexity index is 1210. The van der Waals surface area contributed by atoms with E-state index in [2.05, 4.69) is 25.7 Å². The van der Waals surface area contributed by atoms with Crippen LogP contribution in [0, 0.1) is 45.3 Å². The van der Waals surface area contributed by atoms with Gasteiger partial charge in [-0.3, -0.25) is 4.90 Å². The quantitative estimate of drug-likeness (QED) is 0.408. The first-order chi connectivity index (χ1) is 22.5. The number of carbonyl (C=O) groups is 1. The Morgan fingerprint density at radius 1 is 0.872 bits per heavy atom. The number of carbonyl (C=O) groups excluding carboxylic acids is 1. The molecule has 5 saturated carbocycles. The lowest BCUT2D eigenvalue weighted by molar-refractivity contribution is -0.253. The smallest absolute Gasteiger partial charge is 0.332 e. The van der Waals surface area contributed by atoms with Gasteiger partial charge < -0.3 is 33.5 Å². The molecular formula is C38H63NO8. The van der Waals surface area contributed by atoms with E-state index in [4.69, 9.17) is 33.5 Å². The average molecular weight is 662 g/mol. The largest absolute Gasteiger partial charge is 0.455 e. The zero-order valence-electron chi connectivity index (χ0n) is 29.8. The maximum atomic E-state index is 12.0. The molecule has 47 heavy (non-hydrogen) atoms. The van der Waals surface area contributed by atoms with E-state index in [0.29, 0.717) is 34.3 Å². The third-order valence-electron chi connectivity index (χ3n) is 15.9. The molecule has 0 aromatic rings. The van der Waals surface area contributed by atoms with Gasteiger partial charge in [0, 0.05) is 15.1 Å². The normalized spacial score (nSPS) is 51.4. The van der Waals surface area contributed by atoms with E-state index in [0.717, 1.165) is 64.2 Å². The van der Waals surface area contributed by atoms with Gasteiger partial charge >= 0.3 is 5.97 Å². The van der Waals surface area contributed by atoms with E-state index in [1.165, 1.54) is 57.8 Å². The Hall–Kier alpha value is -0.810. The minimum Gasteiger partial charge on any atom is -0.455 e. The second kappa shape index (κ2) is 11.6. The Kier molecular flexibility index (Phi) is 8.23. The number of morpholine rings is 1. The van der Waals surface area contributed by atoms with Crippen LogP contribution in [0.2, 0.25) is 0 Å². The number of cyclic esters (lactones) is 1. The molecule has 9 unspecified atom stereocenters. The van der Waals surface area contributed by atoms with Crippen LogP contribution in [0.15, 0.2) is 0 Å². The van der Waals surface area contributed by atoms with Crippen LogP contribution in [0.25, 0.3) is 0 Å². The van der Waals surface area contributed by atoms with Gasteiger partial charge in [0.25, 0.3) is 0 Å². The van der Waals surface area contributed by atoms with Crippen LogP contribution in [0.5, 0.6) is 0 Å². The second-order valence-corrected chi connectivity index (χ2v) is 18.3. The summed E-state index contributed by atoms with van der Waals surface area (Å²) in [5, 5.41) is 7.00. The van der Waals surface area contributed by atoms with Crippen LogP contribution in [-0.2, 0) is 33.2 Å². The maximum Gasteiger partial charge on any atom is 0.332 e. The number of hydrogen-bond acceptors (Lipinski definition) is 9. The number of aliphatic hydroxyl groups excluding tert-OH is 1. The van der Waals surface area contributed by atoms with Crippen LogP contribution in [-0.4, -0.2) is 105 Å². The lowest BCUT2D eigenvalue weighted by atomic mass is 9.46. The molecule has 0 bridgehead atoms. The average Bonchev–Trinajstić information content (AvgIpc) is 3.58. The van der Waals surface area contributed by atoms with Crippen LogP contribution in [0.1, 0.15) is 100 Å². The number of fused-ring (bicyclic) bond motifs is 4. The fourth-order valence-corrected chi connectivity index (χ4v) is 13.7. The van der Waals surface area contributed by atoms with Crippen LogP contribution in [0.4, 0.5) is 0 Å². The number of nitrogens with zero attached hydrogens (tertiary/aromatic N) is 1. The first-order valence-electron chi connectivity index (χ1n) is 19.0. The van der Waals surface area contributed by atoms with Gasteiger partial charge in [-0.25, -0.2) is 4.79 Å². The van der Waals surface area contributed by atoms with Gasteiger partial charge in [-0.15, -0.1) is 0 Å². The number of ether oxygens (including phenoxy) is 6. The number of aliphatic hydroxyl groups is 1. The van der Waals surface area contributed by atoms with Crippen molar-refractivity contribution in [3.05, 3.63) is 0 Å². The molecule has 268 valence electrons. The Morgan fingerprint density at radius 2 is 1.66 bits per heavy atom. The fraction of sp³-hybridized carbons (Fsp3) is 0.974. The van der Waals surface area contributed by atoms with Crippen molar-refractivity contribution < 1.29 is 39.7 Å². The molecule has 9 aliphatic rings. The summed E-state index contributed by atoms with van der Waals surface area (Å²) in [5.41, 5.74) is 0.928. The van der Waals surface area contributed by atoms with Gasteiger partial charge in [-0.2, -0.15) is 0 Å². The number of hydrogen-bond donors (Lipinski definition) is 1. The standard InChI is InChI=1S/C37H57NO7.CH4O.H2/c1-33(2)28-9-7-23-25-16-27-24(6-8-26(43-27)32-34(3,4)45-30(39)20-42-32)35(25,5)12-13-36(23)21-37(28,36)11-10-29(33)44-31-17-38(14-15-41-31)22-18-40-19-22;1-2;/h22-29,31-32H,6-21H2,1-5H3;2H,1H3;1H/t23?,24?,25?,26?,27?,28?,29-,31?,32-,35?,36-,37?;;/m0../s1. The highest BCUT2D eigenvalue weighted by atomic mass is 16.7. The Balaban J connectivity index is 0.00000119. The highest BCUT2D eigenvalue weighted by molar-refractivity contribution is 5.72. The molecule has 0 radical (unpaired) electrons. The van der Waals surface area contributed by atoms with E-state index in [-0.39, 0.29) is 44.0 Å². The number of rotatable bonds is 4. The topological polar surface area (TPSA) is 95.9 Å². The summed E-state index contributed by atoms with van der Waals surface area (Å²) in [6.07, 6.45) is 13.1. The molecule has 4 heterocycles. The van der Waals surface area contributed by atoms with Crippen molar-refractivity contribution in [1.29, 1.82) is 0 Å². The monoisotopic (exact) mass is 661 g/mol. The highest BCUT2D eigenvalue weighted by Gasteiger charge is 2.80. The fourth-order valence-electron chi connectivity index (χ4n) is 13.7. The van der Waals surface area contributed by atoms with Crippen molar-refractivity contribution in [2.75, 3.05) is 46.6 Å². The van der Waals surface area contributed by atoms with Gasteiger partial charge in [-0.1, -0.05) is 20.8 Å². The number of esters is 1. The summed E-state index contributed by atoms with van der Waals surface area (Å²) in [6.45, 7) is 16.1. The first kappa shape index (κ1) is 33.3. The molecule has 0 amide bonds. The molecule has 4 aliphatic heterocycles. The SMILES string of the molecule is CC12CC[C@@]34CC35CC[C@H](OC3CN(C6COC6)CCO3)C(C)(C)C5CCC4C1CC1OC([C@@H]3OCC(=O)OC3(C)C)CCC12.CO.[HH]. The molecule has 1 N–H and O–H groups in total. The molecule has 9 heteroatoms. The van der Waals surface area contributed by atoms with Crippen LogP contribution in [0.3, 0.4) is 0 Å². The third kappa shape index (κ3) is 4.90. The van der Waals surface area contributed by atoms with E-state index >= 15 is 0 Å². The van der Waals surface area contributed by atoms with E-state index in [9.17, 15) is 4.79 Å². The van der Waals surface area contributed by atoms with Gasteiger partial charge in [0.05, 0.1) is 50.7 Å². The van der Waals surface area contributed by atoms with Crippen molar-refractivity contribution in [3.8, 4) is 0 Å². The van der Waals surface area contributed by atoms with E-state index in [1.807, 2.05) is 13.8 Å². The molecule has 0 aromatic carbocycles. The maximum absolute atomic E-state index is 12.0. The molecule has 5 aliphatic carbocycles. The van der Waals surface area contributed by atoms with Crippen LogP contribution < -0.4 is 0 Å². The van der Waals surface area contributed by atoms with Gasteiger partial charge in [-0.05, 0) is 123 Å². The lowest BCUT2D eigenvalue weighted by Gasteiger charge is -2.60. The molecule has 12 atom stereocenters. The van der Waals surface area contributed by atoms with Crippen molar-refractivity contribution >= 4 is 5.97 Å². The summed E-state index contributed by atoms with van der Waals surface area (Å²) in [5.74, 6) is 2.70. The van der Waals surface area contributed by atoms with Crippen molar-refractivity contribution in [1.82, 2.24) is 4.90 Å². The first-order valence-corrected chi connectivity index (χ1v) is 19.0. The van der Waals surface area contributed by atoms with Crippen molar-refractivity contribution in [3.63, 3.8) is 0 Å². The molecular weight excluding hydrogens is 598 g/mol. The van der Waals surface area contributed by atoms with Crippen molar-refractivity contribution in [2.24, 2.45) is 45.3 Å². The van der Waals surface area contributed by atoms with Gasteiger partial charge in [0.1, 0.15) is 18.3 Å². The molecule has 2 spiro atoms. The van der Waals surface area contributed by atoms with E-state index in [1.54, 1.807) is 0 Å². The molecule has 9 nitrogen and oxygen atoms in total. The minimum absolute atomic E-state index is 0. The summed E-state index contributed by atoms with van der Waals surface area (Å²) >= 11 is 0. The van der Waals surface area contributed by atoms with Crippen LogP contribution >= 0.6 is 0 Å². The zero-order chi connectivity index (χ0) is 33.0. The Labute approximate surface area is 283 Å². The van der Waals surface area contributed by atoms with Gasteiger partial charge in [0.15, 0.2) is 6.29 Å². The minimum atomic E-state index is -0.645. The summed E-state index contributed by atoms with van der Waals surface area (Å²) < 4.78 is 37.4. The predicted molar refractivity (Wildman–Crippen MR) is 177 cm³/mol. The Morgan fingerprint density at radius 3 is 2.40 bits per heavy atom. The second-order valence-electron chi connectivity index (χ2n) is 18.3. The third-order valence-corrected chi connectivity index (χ3v) is 15.9. The summed E-state index contributed by atoms with van der Waals surface area (Å²) in [7, 11) is 1.00. The highest BCUT2D eigenvalue weighted by Crippen LogP contribution is 2.87. The summed E-state index contributed by atoms with van der Waals surface area (Å²) in [6, 6.07) is 0.545. The molecule has 0 aromatic heterocycles. The molecule has 4 saturated heterocycles. The summed E-state index contributed by atoms with van der Waals surface area (Å²) in [4.78, 5) is 14.5. The lowest BCUT2D eigenvalue weighted by Crippen LogP contribution is -2.58. The zero-order valence-corrected chi connectivity index (χ0v) is 29.8.